The highest BCUT2D eigenvalue weighted by molar-refractivity contribution is 5.81. The Labute approximate surface area is 307 Å². The van der Waals surface area contributed by atoms with E-state index in [1.807, 2.05) is 42.7 Å². The van der Waals surface area contributed by atoms with Crippen LogP contribution in [0.5, 0.6) is 0 Å². The van der Waals surface area contributed by atoms with Gasteiger partial charge in [-0.3, -0.25) is 9.80 Å². The summed E-state index contributed by atoms with van der Waals surface area (Å²) in [6.45, 7) is 2.15. The van der Waals surface area contributed by atoms with Crippen molar-refractivity contribution in [1.82, 2.24) is 25.3 Å². The molecule has 3 aliphatic heterocycles. The van der Waals surface area contributed by atoms with Crippen molar-refractivity contribution in [2.75, 3.05) is 26.8 Å². The number of nitrogens with one attached hydrogen (secondary N) is 5. The molecule has 0 radical (unpaired) electrons. The Balaban J connectivity index is 0.929. The largest absolute Gasteiger partial charge is 0.453 e. The highest BCUT2D eigenvalue weighted by atomic mass is 16.5. The van der Waals surface area contributed by atoms with E-state index in [1.165, 1.54) is 7.11 Å². The molecule has 2 aromatic heterocycles. The van der Waals surface area contributed by atoms with E-state index in [-0.39, 0.29) is 30.0 Å². The van der Waals surface area contributed by atoms with Crippen LogP contribution < -0.4 is 15.1 Å². The molecule has 53 heavy (non-hydrogen) atoms. The van der Waals surface area contributed by atoms with Crippen molar-refractivity contribution in [3.8, 4) is 33.6 Å². The predicted molar refractivity (Wildman–Crippen MR) is 196 cm³/mol. The van der Waals surface area contributed by atoms with Crippen molar-refractivity contribution >= 4 is 17.9 Å². The molecule has 4 unspecified atom stereocenters. The second kappa shape index (κ2) is 15.3. The highest BCUT2D eigenvalue weighted by Gasteiger charge is 2.43. The Bertz CT molecular complexity index is 2050. The monoisotopic (exact) mass is 715 g/mol. The fourth-order valence-electron chi connectivity index (χ4n) is 8.19. The summed E-state index contributed by atoms with van der Waals surface area (Å²) >= 11 is 0. The number of H-pyrrole nitrogens is 2. The van der Waals surface area contributed by atoms with Gasteiger partial charge in [0.05, 0.1) is 44.0 Å². The maximum absolute atomic E-state index is 13.9. The third-order valence-corrected chi connectivity index (χ3v) is 11.0. The zero-order chi connectivity index (χ0) is 36.3. The molecule has 272 valence electrons. The summed E-state index contributed by atoms with van der Waals surface area (Å²) in [5.41, 5.74) is 6.74. The van der Waals surface area contributed by atoms with E-state index >= 15 is 0 Å². The number of imidazole rings is 2. The highest BCUT2D eigenvalue weighted by Crippen LogP contribution is 2.29. The van der Waals surface area contributed by atoms with Crippen LogP contribution in [0.15, 0.2) is 91.3 Å². The number of likely N-dealkylation sites (tertiary alicyclic amines) is 2. The fraction of sp³-hybridized carbons (Fsp3) is 0.341. The molecule has 8 rings (SSSR count). The van der Waals surface area contributed by atoms with Gasteiger partial charge in [-0.25, -0.2) is 24.4 Å². The average Bonchev–Trinajstić information content (AvgIpc) is 4.06. The van der Waals surface area contributed by atoms with Gasteiger partial charge in [0.1, 0.15) is 0 Å². The number of aromatic nitrogens is 4. The van der Waals surface area contributed by atoms with E-state index in [0.717, 1.165) is 100 Å². The van der Waals surface area contributed by atoms with E-state index in [4.69, 9.17) is 19.4 Å². The lowest BCUT2D eigenvalue weighted by molar-refractivity contribution is -0.842. The van der Waals surface area contributed by atoms with Gasteiger partial charge in [0.2, 0.25) is 0 Å². The minimum Gasteiger partial charge on any atom is -0.453 e. The molecule has 12 nitrogen and oxygen atoms in total. The summed E-state index contributed by atoms with van der Waals surface area (Å²) in [6, 6.07) is 25.1. The first-order valence-electron chi connectivity index (χ1n) is 18.6. The summed E-state index contributed by atoms with van der Waals surface area (Å²) in [4.78, 5) is 57.4. The normalized spacial score (nSPS) is 23.2. The number of ether oxygens (including phenoxy) is 2. The van der Waals surface area contributed by atoms with Crippen LogP contribution in [-0.2, 0) is 19.1 Å². The number of hydrogen-bond acceptors (Lipinski definition) is 7. The van der Waals surface area contributed by atoms with Gasteiger partial charge in [0, 0.05) is 32.3 Å². The third kappa shape index (κ3) is 7.17. The molecule has 3 aromatic carbocycles. The van der Waals surface area contributed by atoms with Crippen LogP contribution in [0, 0.1) is 0 Å². The van der Waals surface area contributed by atoms with Gasteiger partial charge in [-0.2, -0.15) is 0 Å². The maximum Gasteiger partial charge on any atom is 0.407 e. The van der Waals surface area contributed by atoms with E-state index in [2.05, 4.69) is 63.8 Å². The van der Waals surface area contributed by atoms with Gasteiger partial charge in [-0.15, -0.1) is 0 Å². The van der Waals surface area contributed by atoms with Crippen molar-refractivity contribution in [2.45, 2.75) is 62.8 Å². The lowest BCUT2D eigenvalue weighted by Crippen LogP contribution is -3.14. The van der Waals surface area contributed by atoms with E-state index in [1.54, 1.807) is 0 Å². The molecule has 0 spiro atoms. The van der Waals surface area contributed by atoms with E-state index in [0.29, 0.717) is 18.7 Å². The van der Waals surface area contributed by atoms with Crippen molar-refractivity contribution < 1.29 is 33.7 Å². The fourth-order valence-corrected chi connectivity index (χ4v) is 8.19. The van der Waals surface area contributed by atoms with Crippen molar-refractivity contribution in [3.63, 3.8) is 0 Å². The Morgan fingerprint density at radius 2 is 1.28 bits per heavy atom. The first-order chi connectivity index (χ1) is 26.0. The zero-order valence-electron chi connectivity index (χ0n) is 29.8. The molecule has 5 heterocycles. The number of hydrogen-bond donors (Lipinski definition) is 5. The van der Waals surface area contributed by atoms with Crippen LogP contribution in [0.2, 0.25) is 0 Å². The Hall–Kier alpha value is -5.43. The summed E-state index contributed by atoms with van der Waals surface area (Å²) in [6.07, 6.45) is 8.13. The molecule has 3 amide bonds. The number of methoxy groups -OCH3 is 1. The average molecular weight is 716 g/mol. The first kappa shape index (κ1) is 34.6. The van der Waals surface area contributed by atoms with Gasteiger partial charge < -0.3 is 24.8 Å². The summed E-state index contributed by atoms with van der Waals surface area (Å²) in [5, 5.41) is 2.74. The van der Waals surface area contributed by atoms with Crippen molar-refractivity contribution in [3.05, 3.63) is 108 Å². The SMILES string of the molecule is COC(=O)N[C@@H](C(=O)[NH+]1CCCC1c1ncc(-c2ccc(-c3ccc(-c4cnc(C5CCC[NH+]5C(=O)[C@H]5CCCO5)[nH]4)cc3)cc2)[nH]1)c1ccccc1. The van der Waals surface area contributed by atoms with Crippen LogP contribution in [0.3, 0.4) is 0 Å². The molecule has 0 bridgehead atoms. The third-order valence-electron chi connectivity index (χ3n) is 11.0. The smallest absolute Gasteiger partial charge is 0.407 e. The molecule has 0 aliphatic carbocycles. The molecule has 3 aliphatic rings. The number of amides is 3. The molecule has 12 heteroatoms. The van der Waals surface area contributed by atoms with Gasteiger partial charge in [-0.1, -0.05) is 78.9 Å². The van der Waals surface area contributed by atoms with Crippen LogP contribution in [0.4, 0.5) is 4.79 Å². The van der Waals surface area contributed by atoms with E-state index in [9.17, 15) is 14.4 Å². The van der Waals surface area contributed by atoms with Crippen molar-refractivity contribution in [2.24, 2.45) is 0 Å². The molecule has 3 fully saturated rings. The van der Waals surface area contributed by atoms with Crippen LogP contribution >= 0.6 is 0 Å². The van der Waals surface area contributed by atoms with Gasteiger partial charge in [0.15, 0.2) is 35.9 Å². The predicted octanol–water partition coefficient (Wildman–Crippen LogP) is 3.90. The van der Waals surface area contributed by atoms with Crippen molar-refractivity contribution in [1.29, 1.82) is 0 Å². The molecular weight excluding hydrogens is 670 g/mol. The van der Waals surface area contributed by atoms with Gasteiger partial charge >= 0.3 is 17.9 Å². The van der Waals surface area contributed by atoms with Gasteiger partial charge in [0.25, 0.3) is 0 Å². The van der Waals surface area contributed by atoms with E-state index < -0.39 is 12.1 Å². The van der Waals surface area contributed by atoms with Crippen LogP contribution in [0.1, 0.15) is 73.9 Å². The number of quaternary nitrogens is 2. The number of nitrogens with zero attached hydrogens (tertiary/aromatic N) is 2. The Morgan fingerprint density at radius 3 is 1.83 bits per heavy atom. The number of aromatic amines is 2. The van der Waals surface area contributed by atoms with Gasteiger partial charge in [-0.05, 0) is 40.7 Å². The van der Waals surface area contributed by atoms with Crippen LogP contribution in [0.25, 0.3) is 33.6 Å². The minimum absolute atomic E-state index is 0.0346. The number of benzene rings is 3. The standard InChI is InChI=1S/C41H43N7O5/c1-52-41(51)46-36(30-8-3-2-4-9-30)40(50)48-22-6-11-34(48)38-43-25-32(45-38)29-19-15-27(16-20-29)26-13-17-28(18-14-26)31-24-42-37(44-31)33-10-5-21-47(33)39(49)35-12-7-23-53-35/h2-4,8-9,13-20,24-25,33-36H,5-7,10-12,21-23H2,1H3,(H,42,44)(H,43,45)(H,46,51)/p+2/t33?,34?,35-,36-/m1/s1. The number of rotatable bonds is 9. The molecule has 6 atom stereocenters. The second-order valence-corrected chi connectivity index (χ2v) is 14.2. The van der Waals surface area contributed by atoms with Crippen LogP contribution in [-0.4, -0.2) is 70.8 Å². The lowest BCUT2D eigenvalue weighted by Gasteiger charge is -2.23. The topological polar surface area (TPSA) is 148 Å². The molecular formula is C41H45N7O5+2. The number of carbonyl (C=O) groups excluding carboxylic acids is 3. The summed E-state index contributed by atoms with van der Waals surface area (Å²) in [7, 11) is 1.29. The first-order valence-corrected chi connectivity index (χ1v) is 18.6. The maximum atomic E-state index is 13.9. The Kier molecular flexibility index (Phi) is 9.98. The zero-order valence-corrected chi connectivity index (χ0v) is 29.8. The molecule has 3 saturated heterocycles. The minimum atomic E-state index is -0.829. The lowest BCUT2D eigenvalue weighted by atomic mass is 10.0. The summed E-state index contributed by atoms with van der Waals surface area (Å²) in [5.74, 6) is 1.67. The second-order valence-electron chi connectivity index (χ2n) is 14.2. The number of carbonyl (C=O) groups is 3. The number of alkyl carbamates (subject to hydrolysis) is 1. The Morgan fingerprint density at radius 1 is 0.736 bits per heavy atom. The molecule has 5 N–H and O–H groups in total. The summed E-state index contributed by atoms with van der Waals surface area (Å²) < 4.78 is 10.5. The molecule has 5 aromatic rings. The quantitative estimate of drug-likeness (QED) is 0.156. The molecule has 0 saturated carbocycles.